The van der Waals surface area contributed by atoms with E-state index in [0.717, 1.165) is 22.3 Å². The van der Waals surface area contributed by atoms with Crippen LogP contribution in [0.4, 0.5) is 5.69 Å². The van der Waals surface area contributed by atoms with Crippen LogP contribution in [0.5, 0.6) is 5.75 Å². The number of phenolic OH excluding ortho intramolecular Hbond substituents is 1. The Bertz CT molecular complexity index is 735. The molecule has 0 aromatic heterocycles. The first-order valence-electron chi connectivity index (χ1n) is 6.49. The topological polar surface area (TPSA) is 46.2 Å². The summed E-state index contributed by atoms with van der Waals surface area (Å²) in [6, 6.07) is 23.7. The van der Waals surface area contributed by atoms with Crippen molar-refractivity contribution in [2.75, 3.05) is 5.73 Å². The molecule has 0 saturated carbocycles. The van der Waals surface area contributed by atoms with E-state index in [1.54, 1.807) is 12.1 Å². The number of rotatable bonds is 2. The molecule has 0 radical (unpaired) electrons. The predicted octanol–water partition coefficient (Wildman–Crippen LogP) is 4.31. The van der Waals surface area contributed by atoms with Crippen LogP contribution < -0.4 is 5.73 Å². The van der Waals surface area contributed by atoms with Gasteiger partial charge >= 0.3 is 0 Å². The summed E-state index contributed by atoms with van der Waals surface area (Å²) in [4.78, 5) is 0. The summed E-state index contributed by atoms with van der Waals surface area (Å²) in [5.41, 5.74) is 10.6. The fourth-order valence-corrected chi connectivity index (χ4v) is 2.33. The van der Waals surface area contributed by atoms with Gasteiger partial charge in [-0.3, -0.25) is 0 Å². The number of anilines is 1. The second kappa shape index (κ2) is 5.10. The zero-order valence-electron chi connectivity index (χ0n) is 11.0. The summed E-state index contributed by atoms with van der Waals surface area (Å²) >= 11 is 0. The highest BCUT2D eigenvalue weighted by Gasteiger charge is 2.08. The Morgan fingerprint density at radius 2 is 1.25 bits per heavy atom. The quantitative estimate of drug-likeness (QED) is 0.533. The van der Waals surface area contributed by atoms with Gasteiger partial charge in [-0.1, -0.05) is 60.7 Å². The number of nitrogen functional groups attached to an aromatic ring is 1. The molecule has 0 aliphatic carbocycles. The third-order valence-electron chi connectivity index (χ3n) is 3.35. The number of nitrogens with two attached hydrogens (primary N) is 1. The van der Waals surface area contributed by atoms with E-state index in [-0.39, 0.29) is 5.75 Å². The lowest BCUT2D eigenvalue weighted by Gasteiger charge is -2.11. The number of hydrogen-bond donors (Lipinski definition) is 2. The first-order valence-corrected chi connectivity index (χ1v) is 6.49. The average molecular weight is 261 g/mol. The van der Waals surface area contributed by atoms with Crippen LogP contribution >= 0.6 is 0 Å². The average Bonchev–Trinajstić information content (AvgIpc) is 2.51. The van der Waals surface area contributed by atoms with E-state index in [1.165, 1.54) is 0 Å². The zero-order chi connectivity index (χ0) is 13.9. The molecule has 2 heteroatoms. The third kappa shape index (κ3) is 2.24. The van der Waals surface area contributed by atoms with Crippen molar-refractivity contribution in [3.63, 3.8) is 0 Å². The standard InChI is InChI=1S/C18H15NO/c19-17-12-14(10-11-18(17)20)16-9-5-4-8-15(16)13-6-2-1-3-7-13/h1-12,20H,19H2. The van der Waals surface area contributed by atoms with Gasteiger partial charge in [-0.15, -0.1) is 0 Å². The van der Waals surface area contributed by atoms with Crippen molar-refractivity contribution >= 4 is 5.69 Å². The maximum Gasteiger partial charge on any atom is 0.138 e. The van der Waals surface area contributed by atoms with Gasteiger partial charge in [0.15, 0.2) is 0 Å². The molecule has 98 valence electrons. The van der Waals surface area contributed by atoms with Crippen molar-refractivity contribution in [2.24, 2.45) is 0 Å². The molecule has 0 spiro atoms. The summed E-state index contributed by atoms with van der Waals surface area (Å²) in [6.45, 7) is 0. The van der Waals surface area contributed by atoms with Crippen molar-refractivity contribution in [1.82, 2.24) is 0 Å². The molecular formula is C18H15NO. The van der Waals surface area contributed by atoms with Gasteiger partial charge in [0.05, 0.1) is 5.69 Å². The molecule has 3 aromatic carbocycles. The zero-order valence-corrected chi connectivity index (χ0v) is 11.0. The molecule has 0 amide bonds. The van der Waals surface area contributed by atoms with Crippen LogP contribution in [-0.4, -0.2) is 5.11 Å². The maximum atomic E-state index is 9.55. The summed E-state index contributed by atoms with van der Waals surface area (Å²) in [5, 5.41) is 9.55. The van der Waals surface area contributed by atoms with Crippen molar-refractivity contribution in [3.8, 4) is 28.0 Å². The van der Waals surface area contributed by atoms with E-state index < -0.39 is 0 Å². The monoisotopic (exact) mass is 261 g/mol. The second-order valence-electron chi connectivity index (χ2n) is 4.69. The Kier molecular flexibility index (Phi) is 3.13. The largest absolute Gasteiger partial charge is 0.506 e. The molecule has 0 unspecified atom stereocenters. The number of aromatic hydroxyl groups is 1. The Balaban J connectivity index is 2.17. The van der Waals surface area contributed by atoms with Gasteiger partial charge < -0.3 is 10.8 Å². The number of benzene rings is 3. The summed E-state index contributed by atoms with van der Waals surface area (Å²) in [6.07, 6.45) is 0. The number of hydrogen-bond acceptors (Lipinski definition) is 2. The predicted molar refractivity (Wildman–Crippen MR) is 83.4 cm³/mol. The van der Waals surface area contributed by atoms with E-state index >= 15 is 0 Å². The third-order valence-corrected chi connectivity index (χ3v) is 3.35. The molecule has 20 heavy (non-hydrogen) atoms. The highest BCUT2D eigenvalue weighted by molar-refractivity contribution is 5.84. The molecule has 3 rings (SSSR count). The van der Waals surface area contributed by atoms with E-state index in [9.17, 15) is 5.11 Å². The molecule has 0 heterocycles. The van der Waals surface area contributed by atoms with Gasteiger partial charge in [0.25, 0.3) is 0 Å². The van der Waals surface area contributed by atoms with Crippen LogP contribution in [0.25, 0.3) is 22.3 Å². The van der Waals surface area contributed by atoms with Crippen molar-refractivity contribution in [1.29, 1.82) is 0 Å². The van der Waals surface area contributed by atoms with Crippen LogP contribution in [0.3, 0.4) is 0 Å². The van der Waals surface area contributed by atoms with Crippen LogP contribution in [-0.2, 0) is 0 Å². The Labute approximate surface area is 118 Å². The SMILES string of the molecule is Nc1cc(-c2ccccc2-c2ccccc2)ccc1O. The molecule has 0 atom stereocenters. The molecule has 2 nitrogen and oxygen atoms in total. The first-order chi connectivity index (χ1) is 9.75. The molecule has 0 aliphatic rings. The highest BCUT2D eigenvalue weighted by Crippen LogP contribution is 2.34. The fraction of sp³-hybridized carbons (Fsp3) is 0. The van der Waals surface area contributed by atoms with Crippen LogP contribution in [0.2, 0.25) is 0 Å². The Morgan fingerprint density at radius 3 is 1.90 bits per heavy atom. The minimum Gasteiger partial charge on any atom is -0.506 e. The van der Waals surface area contributed by atoms with Crippen molar-refractivity contribution in [2.45, 2.75) is 0 Å². The molecule has 3 N–H and O–H groups in total. The number of phenols is 1. The lowest BCUT2D eigenvalue weighted by atomic mass is 9.94. The summed E-state index contributed by atoms with van der Waals surface area (Å²) < 4.78 is 0. The van der Waals surface area contributed by atoms with Gasteiger partial charge in [-0.05, 0) is 34.4 Å². The molecule has 0 bridgehead atoms. The van der Waals surface area contributed by atoms with E-state index in [4.69, 9.17) is 5.73 Å². The van der Waals surface area contributed by atoms with Crippen LogP contribution in [0.1, 0.15) is 0 Å². The minimum atomic E-state index is 0.117. The minimum absolute atomic E-state index is 0.117. The first kappa shape index (κ1) is 12.3. The highest BCUT2D eigenvalue weighted by atomic mass is 16.3. The maximum absolute atomic E-state index is 9.55. The molecule has 3 aromatic rings. The van der Waals surface area contributed by atoms with Gasteiger partial charge in [0, 0.05) is 0 Å². The normalized spacial score (nSPS) is 10.4. The molecule has 0 saturated heterocycles. The van der Waals surface area contributed by atoms with Crippen molar-refractivity contribution < 1.29 is 5.11 Å². The summed E-state index contributed by atoms with van der Waals surface area (Å²) in [5.74, 6) is 0.117. The van der Waals surface area contributed by atoms with E-state index in [0.29, 0.717) is 5.69 Å². The van der Waals surface area contributed by atoms with E-state index in [1.807, 2.05) is 36.4 Å². The second-order valence-corrected chi connectivity index (χ2v) is 4.69. The molecular weight excluding hydrogens is 246 g/mol. The van der Waals surface area contributed by atoms with Crippen LogP contribution in [0, 0.1) is 0 Å². The van der Waals surface area contributed by atoms with Gasteiger partial charge in [-0.25, -0.2) is 0 Å². The van der Waals surface area contributed by atoms with Gasteiger partial charge in [0.2, 0.25) is 0 Å². The smallest absolute Gasteiger partial charge is 0.138 e. The fourth-order valence-electron chi connectivity index (χ4n) is 2.33. The Morgan fingerprint density at radius 1 is 0.650 bits per heavy atom. The van der Waals surface area contributed by atoms with Crippen molar-refractivity contribution in [3.05, 3.63) is 72.8 Å². The van der Waals surface area contributed by atoms with Crippen LogP contribution in [0.15, 0.2) is 72.8 Å². The van der Waals surface area contributed by atoms with Gasteiger partial charge in [0.1, 0.15) is 5.75 Å². The Hall–Kier alpha value is -2.74. The molecule has 0 aliphatic heterocycles. The van der Waals surface area contributed by atoms with Gasteiger partial charge in [-0.2, -0.15) is 0 Å². The molecule has 0 fully saturated rings. The summed E-state index contributed by atoms with van der Waals surface area (Å²) in [7, 11) is 0. The lowest BCUT2D eigenvalue weighted by Crippen LogP contribution is -1.89. The van der Waals surface area contributed by atoms with E-state index in [2.05, 4.69) is 24.3 Å². The lowest BCUT2D eigenvalue weighted by molar-refractivity contribution is 0.478.